The molecule has 2 rings (SSSR count). The molecule has 2 atom stereocenters. The molecule has 0 bridgehead atoms. The van der Waals surface area contributed by atoms with E-state index in [2.05, 4.69) is 57.3 Å². The summed E-state index contributed by atoms with van der Waals surface area (Å²) in [6.07, 6.45) is 3.02. The summed E-state index contributed by atoms with van der Waals surface area (Å²) in [4.78, 5) is 13.3. The standard InChI is InChI=1S/C20H31NO2S/c1-15-7-9-17(10-8-15)24-13-11-18(22)21-14-16-6-5-12-23-19(16)20(2,3)4/h7-10,16,19H,5-6,11-14H2,1-4H3,(H,21,22). The minimum atomic E-state index is 0.122. The lowest BCUT2D eigenvalue weighted by Crippen LogP contribution is -2.45. The quantitative estimate of drug-likeness (QED) is 0.772. The predicted octanol–water partition coefficient (Wildman–Crippen LogP) is 4.43. The maximum atomic E-state index is 12.1. The number of hydrogen-bond acceptors (Lipinski definition) is 3. The van der Waals surface area contributed by atoms with Gasteiger partial charge < -0.3 is 10.1 Å². The van der Waals surface area contributed by atoms with E-state index < -0.39 is 0 Å². The Balaban J connectivity index is 1.71. The van der Waals surface area contributed by atoms with Crippen LogP contribution in [0.5, 0.6) is 0 Å². The summed E-state index contributed by atoms with van der Waals surface area (Å²) in [6, 6.07) is 8.45. The van der Waals surface area contributed by atoms with Gasteiger partial charge in [-0.25, -0.2) is 0 Å². The second kappa shape index (κ2) is 8.91. The van der Waals surface area contributed by atoms with Gasteiger partial charge in [0.15, 0.2) is 0 Å². The molecule has 0 aliphatic carbocycles. The van der Waals surface area contributed by atoms with Crippen molar-refractivity contribution in [3.8, 4) is 0 Å². The Morgan fingerprint density at radius 2 is 2.00 bits per heavy atom. The highest BCUT2D eigenvalue weighted by molar-refractivity contribution is 7.99. The molecule has 24 heavy (non-hydrogen) atoms. The highest BCUT2D eigenvalue weighted by Crippen LogP contribution is 2.33. The molecule has 4 heteroatoms. The average Bonchev–Trinajstić information content (AvgIpc) is 2.54. The van der Waals surface area contributed by atoms with Gasteiger partial charge in [-0.05, 0) is 37.3 Å². The molecule has 1 aliphatic heterocycles. The van der Waals surface area contributed by atoms with E-state index in [9.17, 15) is 4.79 Å². The van der Waals surface area contributed by atoms with Crippen molar-refractivity contribution in [1.29, 1.82) is 0 Å². The number of ether oxygens (including phenoxy) is 1. The van der Waals surface area contributed by atoms with Crippen LogP contribution in [0, 0.1) is 18.3 Å². The molecule has 1 heterocycles. The second-order valence-corrected chi connectivity index (χ2v) is 8.94. The Morgan fingerprint density at radius 3 is 2.67 bits per heavy atom. The predicted molar refractivity (Wildman–Crippen MR) is 101 cm³/mol. The lowest BCUT2D eigenvalue weighted by molar-refractivity contribution is -0.122. The minimum Gasteiger partial charge on any atom is -0.377 e. The molecule has 1 saturated heterocycles. The molecule has 2 unspecified atom stereocenters. The number of nitrogens with one attached hydrogen (secondary N) is 1. The van der Waals surface area contributed by atoms with Crippen LogP contribution in [-0.2, 0) is 9.53 Å². The Kier molecular flexibility index (Phi) is 7.17. The molecule has 134 valence electrons. The molecule has 0 aromatic heterocycles. The third kappa shape index (κ3) is 6.14. The van der Waals surface area contributed by atoms with Crippen LogP contribution in [0.4, 0.5) is 0 Å². The summed E-state index contributed by atoms with van der Waals surface area (Å²) in [5.74, 6) is 1.39. The lowest BCUT2D eigenvalue weighted by atomic mass is 9.78. The fraction of sp³-hybridized carbons (Fsp3) is 0.650. The average molecular weight is 350 g/mol. The second-order valence-electron chi connectivity index (χ2n) is 7.78. The van der Waals surface area contributed by atoms with E-state index in [-0.39, 0.29) is 17.4 Å². The normalized spacial score (nSPS) is 21.5. The van der Waals surface area contributed by atoms with Crippen molar-refractivity contribution in [2.75, 3.05) is 18.9 Å². The van der Waals surface area contributed by atoms with Crippen LogP contribution >= 0.6 is 11.8 Å². The van der Waals surface area contributed by atoms with Crippen LogP contribution < -0.4 is 5.32 Å². The molecule has 1 amide bonds. The van der Waals surface area contributed by atoms with E-state index in [1.807, 2.05) is 0 Å². The van der Waals surface area contributed by atoms with E-state index in [1.165, 1.54) is 10.5 Å². The molecule has 1 N–H and O–H groups in total. The summed E-state index contributed by atoms with van der Waals surface area (Å²) < 4.78 is 5.98. The first kappa shape index (κ1) is 19.3. The SMILES string of the molecule is Cc1ccc(SCCC(=O)NCC2CCCOC2C(C)(C)C)cc1. The van der Waals surface area contributed by atoms with Crippen molar-refractivity contribution in [2.24, 2.45) is 11.3 Å². The third-order valence-corrected chi connectivity index (χ3v) is 5.49. The van der Waals surface area contributed by atoms with Crippen molar-refractivity contribution < 1.29 is 9.53 Å². The van der Waals surface area contributed by atoms with Crippen LogP contribution in [0.1, 0.15) is 45.6 Å². The van der Waals surface area contributed by atoms with Gasteiger partial charge in [0.1, 0.15) is 0 Å². The minimum absolute atomic E-state index is 0.122. The van der Waals surface area contributed by atoms with E-state index in [0.717, 1.165) is 31.7 Å². The highest BCUT2D eigenvalue weighted by atomic mass is 32.2. The maximum absolute atomic E-state index is 12.1. The number of thioether (sulfide) groups is 1. The smallest absolute Gasteiger partial charge is 0.220 e. The molecule has 1 aromatic rings. The van der Waals surface area contributed by atoms with Gasteiger partial charge in [0.05, 0.1) is 6.10 Å². The zero-order valence-electron chi connectivity index (χ0n) is 15.4. The molecule has 1 aromatic carbocycles. The van der Waals surface area contributed by atoms with E-state index >= 15 is 0 Å². The monoisotopic (exact) mass is 349 g/mol. The summed E-state index contributed by atoms with van der Waals surface area (Å²) >= 11 is 1.74. The molecule has 0 saturated carbocycles. The topological polar surface area (TPSA) is 38.3 Å². The largest absolute Gasteiger partial charge is 0.377 e. The molecule has 0 spiro atoms. The summed E-state index contributed by atoms with van der Waals surface area (Å²) in [5, 5.41) is 3.12. The van der Waals surface area contributed by atoms with Gasteiger partial charge in [-0.1, -0.05) is 38.5 Å². The van der Waals surface area contributed by atoms with Gasteiger partial charge in [0.2, 0.25) is 5.91 Å². The Hall–Kier alpha value is -1.00. The number of amides is 1. The van der Waals surface area contributed by atoms with Crippen molar-refractivity contribution in [2.45, 2.75) is 58.0 Å². The number of carbonyl (C=O) groups is 1. The van der Waals surface area contributed by atoms with Crippen LogP contribution in [0.2, 0.25) is 0 Å². The van der Waals surface area contributed by atoms with Crippen molar-refractivity contribution in [3.63, 3.8) is 0 Å². The fourth-order valence-electron chi connectivity index (χ4n) is 3.24. The zero-order valence-corrected chi connectivity index (χ0v) is 16.2. The summed E-state index contributed by atoms with van der Waals surface area (Å²) in [5.41, 5.74) is 1.39. The fourth-order valence-corrected chi connectivity index (χ4v) is 4.09. The van der Waals surface area contributed by atoms with Crippen LogP contribution in [0.25, 0.3) is 0 Å². The number of carbonyl (C=O) groups excluding carboxylic acids is 1. The molecule has 1 fully saturated rings. The molecular formula is C20H31NO2S. The summed E-state index contributed by atoms with van der Waals surface area (Å²) in [6.45, 7) is 10.3. The zero-order chi connectivity index (χ0) is 17.6. The Morgan fingerprint density at radius 1 is 1.29 bits per heavy atom. The lowest BCUT2D eigenvalue weighted by Gasteiger charge is -2.40. The van der Waals surface area contributed by atoms with E-state index in [1.54, 1.807) is 11.8 Å². The van der Waals surface area contributed by atoms with Crippen LogP contribution in [0.3, 0.4) is 0 Å². The van der Waals surface area contributed by atoms with E-state index in [4.69, 9.17) is 4.74 Å². The van der Waals surface area contributed by atoms with Crippen molar-refractivity contribution >= 4 is 17.7 Å². The summed E-state index contributed by atoms with van der Waals surface area (Å²) in [7, 11) is 0. The molecule has 1 aliphatic rings. The van der Waals surface area contributed by atoms with Gasteiger partial charge in [-0.3, -0.25) is 4.79 Å². The molecule has 3 nitrogen and oxygen atoms in total. The van der Waals surface area contributed by atoms with Crippen molar-refractivity contribution in [1.82, 2.24) is 5.32 Å². The first-order valence-corrected chi connectivity index (χ1v) is 9.92. The first-order chi connectivity index (χ1) is 11.4. The molecule has 0 radical (unpaired) electrons. The number of rotatable bonds is 6. The van der Waals surface area contributed by atoms with Gasteiger partial charge in [0.25, 0.3) is 0 Å². The maximum Gasteiger partial charge on any atom is 0.220 e. The van der Waals surface area contributed by atoms with Gasteiger partial charge >= 0.3 is 0 Å². The number of hydrogen-bond donors (Lipinski definition) is 1. The van der Waals surface area contributed by atoms with Crippen molar-refractivity contribution in [3.05, 3.63) is 29.8 Å². The molecular weight excluding hydrogens is 318 g/mol. The van der Waals surface area contributed by atoms with Gasteiger partial charge in [-0.2, -0.15) is 0 Å². The number of benzene rings is 1. The van der Waals surface area contributed by atoms with Gasteiger partial charge in [-0.15, -0.1) is 11.8 Å². The third-order valence-electron chi connectivity index (χ3n) is 4.48. The highest BCUT2D eigenvalue weighted by Gasteiger charge is 2.35. The number of aryl methyl sites for hydroxylation is 1. The Bertz CT molecular complexity index is 521. The van der Waals surface area contributed by atoms with Crippen LogP contribution in [-0.4, -0.2) is 30.9 Å². The van der Waals surface area contributed by atoms with Gasteiger partial charge in [0, 0.05) is 36.1 Å². The van der Waals surface area contributed by atoms with Crippen LogP contribution in [0.15, 0.2) is 29.2 Å². The Labute approximate surface area is 150 Å². The van der Waals surface area contributed by atoms with E-state index in [0.29, 0.717) is 12.3 Å². The first-order valence-electron chi connectivity index (χ1n) is 8.94.